The molecule has 0 amide bonds. The van der Waals surface area contributed by atoms with Crippen molar-refractivity contribution in [3.8, 4) is 11.3 Å². The molecule has 0 saturated carbocycles. The molecule has 1 unspecified atom stereocenters. The van der Waals surface area contributed by atoms with Crippen LogP contribution in [-0.4, -0.2) is 28.5 Å². The summed E-state index contributed by atoms with van der Waals surface area (Å²) in [6.45, 7) is 0. The minimum atomic E-state index is -0.715. The van der Waals surface area contributed by atoms with Gasteiger partial charge < -0.3 is 14.9 Å². The Hall–Kier alpha value is -2.66. The second-order valence-electron chi connectivity index (χ2n) is 5.04. The van der Waals surface area contributed by atoms with Crippen LogP contribution in [0.4, 0.5) is 0 Å². The number of nitrogens with two attached hydrogens (primary N) is 1. The summed E-state index contributed by atoms with van der Waals surface area (Å²) in [6.07, 6.45) is 2.29. The van der Waals surface area contributed by atoms with Gasteiger partial charge in [-0.2, -0.15) is 0 Å². The Kier molecular flexibility index (Phi) is 3.89. The molecule has 2 N–H and O–H groups in total. The number of benzene rings is 1. The number of aromatic nitrogens is 2. The lowest BCUT2D eigenvalue weighted by Crippen LogP contribution is -2.34. The molecule has 0 fully saturated rings. The Morgan fingerprint density at radius 2 is 1.95 bits per heavy atom. The Morgan fingerprint density at radius 1 is 1.23 bits per heavy atom. The van der Waals surface area contributed by atoms with Crippen LogP contribution in [0.1, 0.15) is 5.69 Å². The van der Waals surface area contributed by atoms with E-state index in [1.807, 2.05) is 59.1 Å². The predicted octanol–water partition coefficient (Wildman–Crippen LogP) is 2.04. The third-order valence-electron chi connectivity index (χ3n) is 3.59. The summed E-state index contributed by atoms with van der Waals surface area (Å²) in [4.78, 5) is 16.3. The minimum absolute atomic E-state index is 0.363. The predicted molar refractivity (Wildman–Crippen MR) is 84.3 cm³/mol. The second kappa shape index (κ2) is 5.99. The van der Waals surface area contributed by atoms with Gasteiger partial charge in [0.15, 0.2) is 0 Å². The SMILES string of the molecule is COC(=O)C(N)Cc1c(-c2ccccc2)nc2ccccn12. The van der Waals surface area contributed by atoms with Crippen LogP contribution in [0.2, 0.25) is 0 Å². The van der Waals surface area contributed by atoms with Crippen LogP contribution in [-0.2, 0) is 16.0 Å². The van der Waals surface area contributed by atoms with E-state index >= 15 is 0 Å². The van der Waals surface area contributed by atoms with Gasteiger partial charge in [0.05, 0.1) is 18.5 Å². The average Bonchev–Trinajstić information content (AvgIpc) is 2.93. The van der Waals surface area contributed by atoms with Gasteiger partial charge in [-0.1, -0.05) is 36.4 Å². The topological polar surface area (TPSA) is 69.6 Å². The molecule has 0 saturated heterocycles. The van der Waals surface area contributed by atoms with E-state index in [0.717, 1.165) is 22.6 Å². The number of hydrogen-bond acceptors (Lipinski definition) is 4. The van der Waals surface area contributed by atoms with E-state index in [1.165, 1.54) is 7.11 Å². The van der Waals surface area contributed by atoms with Crippen molar-refractivity contribution < 1.29 is 9.53 Å². The number of imidazole rings is 1. The van der Waals surface area contributed by atoms with E-state index in [4.69, 9.17) is 10.5 Å². The summed E-state index contributed by atoms with van der Waals surface area (Å²) in [7, 11) is 1.34. The molecule has 0 aliphatic carbocycles. The molecular formula is C17H17N3O2. The molecule has 2 heterocycles. The normalized spacial score (nSPS) is 12.3. The molecule has 1 atom stereocenters. The fourth-order valence-electron chi connectivity index (χ4n) is 2.51. The highest BCUT2D eigenvalue weighted by molar-refractivity contribution is 5.76. The van der Waals surface area contributed by atoms with Crippen LogP contribution in [0.25, 0.3) is 16.9 Å². The highest BCUT2D eigenvalue weighted by Gasteiger charge is 2.21. The van der Waals surface area contributed by atoms with Crippen molar-refractivity contribution >= 4 is 11.6 Å². The fourth-order valence-corrected chi connectivity index (χ4v) is 2.51. The molecule has 3 aromatic rings. The Labute approximate surface area is 128 Å². The maximum atomic E-state index is 11.6. The van der Waals surface area contributed by atoms with Gasteiger partial charge in [-0.25, -0.2) is 4.98 Å². The lowest BCUT2D eigenvalue weighted by Gasteiger charge is -2.10. The Balaban J connectivity index is 2.11. The second-order valence-corrected chi connectivity index (χ2v) is 5.04. The molecule has 2 aromatic heterocycles. The smallest absolute Gasteiger partial charge is 0.323 e. The van der Waals surface area contributed by atoms with Crippen LogP contribution >= 0.6 is 0 Å². The molecule has 0 aliphatic heterocycles. The maximum Gasteiger partial charge on any atom is 0.323 e. The van der Waals surface area contributed by atoms with Crippen LogP contribution in [0.3, 0.4) is 0 Å². The van der Waals surface area contributed by atoms with Crippen molar-refractivity contribution in [2.24, 2.45) is 5.73 Å². The molecule has 3 rings (SSSR count). The highest BCUT2D eigenvalue weighted by atomic mass is 16.5. The number of hydrogen-bond donors (Lipinski definition) is 1. The third-order valence-corrected chi connectivity index (χ3v) is 3.59. The van der Waals surface area contributed by atoms with Gasteiger partial charge in [0.25, 0.3) is 0 Å². The number of nitrogens with zero attached hydrogens (tertiary/aromatic N) is 2. The Bertz CT molecular complexity index is 796. The first kappa shape index (κ1) is 14.3. The first-order valence-electron chi connectivity index (χ1n) is 7.05. The van der Waals surface area contributed by atoms with E-state index in [9.17, 15) is 4.79 Å². The van der Waals surface area contributed by atoms with Crippen LogP contribution in [0.5, 0.6) is 0 Å². The number of ether oxygens (including phenoxy) is 1. The number of carbonyl (C=O) groups is 1. The zero-order valence-corrected chi connectivity index (χ0v) is 12.3. The lowest BCUT2D eigenvalue weighted by atomic mass is 10.1. The number of methoxy groups -OCH3 is 1. The van der Waals surface area contributed by atoms with Crippen LogP contribution < -0.4 is 5.73 Å². The average molecular weight is 295 g/mol. The fraction of sp³-hybridized carbons (Fsp3) is 0.176. The van der Waals surface area contributed by atoms with Crippen molar-refractivity contribution in [1.82, 2.24) is 9.38 Å². The summed E-state index contributed by atoms with van der Waals surface area (Å²) in [5, 5.41) is 0. The molecule has 5 nitrogen and oxygen atoms in total. The molecule has 1 aromatic carbocycles. The van der Waals surface area contributed by atoms with E-state index < -0.39 is 12.0 Å². The number of rotatable bonds is 4. The van der Waals surface area contributed by atoms with Gasteiger partial charge in [-0.05, 0) is 12.1 Å². The maximum absolute atomic E-state index is 11.6. The minimum Gasteiger partial charge on any atom is -0.468 e. The first-order chi connectivity index (χ1) is 10.7. The Morgan fingerprint density at radius 3 is 2.68 bits per heavy atom. The molecule has 0 bridgehead atoms. The quantitative estimate of drug-likeness (QED) is 0.748. The van der Waals surface area contributed by atoms with Gasteiger partial charge >= 0.3 is 5.97 Å². The van der Waals surface area contributed by atoms with Crippen molar-refractivity contribution in [2.75, 3.05) is 7.11 Å². The van der Waals surface area contributed by atoms with Gasteiger partial charge in [0.2, 0.25) is 0 Å². The van der Waals surface area contributed by atoms with Gasteiger partial charge in [-0.3, -0.25) is 4.79 Å². The molecule has 0 spiro atoms. The largest absolute Gasteiger partial charge is 0.468 e. The summed E-state index contributed by atoms with van der Waals surface area (Å²) in [5.74, 6) is -0.426. The van der Waals surface area contributed by atoms with Gasteiger partial charge in [0, 0.05) is 18.2 Å². The number of carbonyl (C=O) groups excluding carboxylic acids is 1. The summed E-state index contributed by atoms with van der Waals surface area (Å²) >= 11 is 0. The number of pyridine rings is 1. The summed E-state index contributed by atoms with van der Waals surface area (Å²) in [5.41, 5.74) is 9.51. The zero-order valence-electron chi connectivity index (χ0n) is 12.3. The van der Waals surface area contributed by atoms with E-state index in [0.29, 0.717) is 6.42 Å². The third kappa shape index (κ3) is 2.58. The molecule has 22 heavy (non-hydrogen) atoms. The molecular weight excluding hydrogens is 278 g/mol. The van der Waals surface area contributed by atoms with Crippen molar-refractivity contribution in [3.05, 3.63) is 60.4 Å². The van der Waals surface area contributed by atoms with Crippen LogP contribution in [0, 0.1) is 0 Å². The van der Waals surface area contributed by atoms with Crippen molar-refractivity contribution in [1.29, 1.82) is 0 Å². The summed E-state index contributed by atoms with van der Waals surface area (Å²) in [6, 6.07) is 14.9. The van der Waals surface area contributed by atoms with Crippen molar-refractivity contribution in [2.45, 2.75) is 12.5 Å². The molecule has 112 valence electrons. The van der Waals surface area contributed by atoms with E-state index in [1.54, 1.807) is 0 Å². The molecule has 0 radical (unpaired) electrons. The standard InChI is InChI=1S/C17H17N3O2/c1-22-17(21)13(18)11-14-16(12-7-3-2-4-8-12)19-15-9-5-6-10-20(14)15/h2-10,13H,11,18H2,1H3. The first-order valence-corrected chi connectivity index (χ1v) is 7.05. The molecule has 5 heteroatoms. The lowest BCUT2D eigenvalue weighted by molar-refractivity contribution is -0.142. The number of fused-ring (bicyclic) bond motifs is 1. The van der Waals surface area contributed by atoms with E-state index in [-0.39, 0.29) is 0 Å². The van der Waals surface area contributed by atoms with Gasteiger partial charge in [-0.15, -0.1) is 0 Å². The van der Waals surface area contributed by atoms with Gasteiger partial charge in [0.1, 0.15) is 11.7 Å². The summed E-state index contributed by atoms with van der Waals surface area (Å²) < 4.78 is 6.69. The monoisotopic (exact) mass is 295 g/mol. The molecule has 0 aliphatic rings. The zero-order chi connectivity index (χ0) is 15.5. The number of esters is 1. The van der Waals surface area contributed by atoms with Crippen LogP contribution in [0.15, 0.2) is 54.7 Å². The van der Waals surface area contributed by atoms with E-state index in [2.05, 4.69) is 4.98 Å². The highest BCUT2D eigenvalue weighted by Crippen LogP contribution is 2.25. The van der Waals surface area contributed by atoms with Crippen molar-refractivity contribution in [3.63, 3.8) is 0 Å².